The van der Waals surface area contributed by atoms with Crippen molar-refractivity contribution in [2.24, 2.45) is 0 Å². The molecular weight excluding hydrogens is 283 g/mol. The average Bonchev–Trinajstić information content (AvgIpc) is 2.49. The molecule has 0 bridgehead atoms. The Bertz CT molecular complexity index is 647. The summed E-state index contributed by atoms with van der Waals surface area (Å²) in [6.07, 6.45) is 0. The van der Waals surface area contributed by atoms with Gasteiger partial charge in [-0.25, -0.2) is 13.2 Å². The minimum absolute atomic E-state index is 0.146. The molecule has 0 aromatic heterocycles. The van der Waals surface area contributed by atoms with Gasteiger partial charge in [-0.05, 0) is 12.1 Å². The summed E-state index contributed by atoms with van der Waals surface area (Å²) in [6.45, 7) is 0.146. The average molecular weight is 297 g/mol. The number of ether oxygens (including phenoxy) is 2. The van der Waals surface area contributed by atoms with Gasteiger partial charge >= 0.3 is 0 Å². The maximum absolute atomic E-state index is 13.5. The Morgan fingerprint density at radius 1 is 1.00 bits per heavy atom. The second-order valence-corrected chi connectivity index (χ2v) is 4.28. The Morgan fingerprint density at radius 3 is 2.43 bits per heavy atom. The number of nitrogens with one attached hydrogen (secondary N) is 1. The van der Waals surface area contributed by atoms with E-state index in [0.29, 0.717) is 23.1 Å². The first-order valence-corrected chi connectivity index (χ1v) is 6.14. The van der Waals surface area contributed by atoms with Gasteiger partial charge in [0.05, 0.1) is 19.9 Å². The summed E-state index contributed by atoms with van der Waals surface area (Å²) in [7, 11) is 3.01. The highest BCUT2D eigenvalue weighted by Gasteiger charge is 2.12. The Morgan fingerprint density at radius 2 is 1.76 bits per heavy atom. The second-order valence-electron chi connectivity index (χ2n) is 4.28. The topological polar surface area (TPSA) is 30.5 Å². The molecule has 0 unspecified atom stereocenters. The summed E-state index contributed by atoms with van der Waals surface area (Å²) < 4.78 is 50.0. The van der Waals surface area contributed by atoms with Gasteiger partial charge in [0.2, 0.25) is 0 Å². The van der Waals surface area contributed by atoms with Gasteiger partial charge in [0.25, 0.3) is 0 Å². The van der Waals surface area contributed by atoms with E-state index in [0.717, 1.165) is 6.07 Å². The van der Waals surface area contributed by atoms with Crippen molar-refractivity contribution in [3.05, 3.63) is 53.3 Å². The van der Waals surface area contributed by atoms with Crippen LogP contribution in [-0.2, 0) is 6.54 Å². The van der Waals surface area contributed by atoms with Crippen LogP contribution >= 0.6 is 0 Å². The van der Waals surface area contributed by atoms with Gasteiger partial charge in [-0.3, -0.25) is 0 Å². The molecule has 6 heteroatoms. The second kappa shape index (κ2) is 6.39. The number of methoxy groups -OCH3 is 2. The van der Waals surface area contributed by atoms with Crippen LogP contribution in [0.4, 0.5) is 18.9 Å². The lowest BCUT2D eigenvalue weighted by molar-refractivity contribution is 0.391. The predicted molar refractivity (Wildman–Crippen MR) is 73.2 cm³/mol. The largest absolute Gasteiger partial charge is 0.497 e. The molecule has 112 valence electrons. The van der Waals surface area contributed by atoms with Gasteiger partial charge in [-0.1, -0.05) is 0 Å². The van der Waals surface area contributed by atoms with Gasteiger partial charge < -0.3 is 14.8 Å². The van der Waals surface area contributed by atoms with Crippen molar-refractivity contribution in [3.63, 3.8) is 0 Å². The Balaban J connectivity index is 2.20. The SMILES string of the molecule is COc1ccc(CNc2cc(F)cc(F)c2F)c(OC)c1. The van der Waals surface area contributed by atoms with Crippen LogP contribution in [0.1, 0.15) is 5.56 Å². The first kappa shape index (κ1) is 15.0. The zero-order valence-corrected chi connectivity index (χ0v) is 11.5. The fourth-order valence-electron chi connectivity index (χ4n) is 1.87. The van der Waals surface area contributed by atoms with E-state index in [1.54, 1.807) is 18.2 Å². The monoisotopic (exact) mass is 297 g/mol. The molecule has 0 saturated carbocycles. The minimum Gasteiger partial charge on any atom is -0.497 e. The van der Waals surface area contributed by atoms with Gasteiger partial charge in [0.1, 0.15) is 17.3 Å². The van der Waals surface area contributed by atoms with Crippen LogP contribution in [-0.4, -0.2) is 14.2 Å². The molecule has 0 radical (unpaired) electrons. The molecule has 0 spiro atoms. The number of benzene rings is 2. The Kier molecular flexibility index (Phi) is 4.57. The molecule has 2 rings (SSSR count). The molecule has 0 fully saturated rings. The molecule has 21 heavy (non-hydrogen) atoms. The number of halogens is 3. The van der Waals surface area contributed by atoms with Gasteiger partial charge in [0, 0.05) is 30.3 Å². The molecule has 0 atom stereocenters. The highest BCUT2D eigenvalue weighted by atomic mass is 19.2. The van der Waals surface area contributed by atoms with E-state index < -0.39 is 17.5 Å². The Hall–Kier alpha value is -2.37. The summed E-state index contributed by atoms with van der Waals surface area (Å²) in [5.41, 5.74) is 0.452. The van der Waals surface area contributed by atoms with E-state index >= 15 is 0 Å². The lowest BCUT2D eigenvalue weighted by Crippen LogP contribution is -2.05. The highest BCUT2D eigenvalue weighted by molar-refractivity contribution is 5.48. The van der Waals surface area contributed by atoms with E-state index in [9.17, 15) is 13.2 Å². The molecule has 0 heterocycles. The van der Waals surface area contributed by atoms with Crippen molar-refractivity contribution in [1.29, 1.82) is 0 Å². The van der Waals surface area contributed by atoms with E-state index in [2.05, 4.69) is 5.32 Å². The van der Waals surface area contributed by atoms with Crippen molar-refractivity contribution >= 4 is 5.69 Å². The van der Waals surface area contributed by atoms with Crippen LogP contribution in [0, 0.1) is 17.5 Å². The molecule has 0 aliphatic heterocycles. The molecule has 0 aliphatic carbocycles. The lowest BCUT2D eigenvalue weighted by atomic mass is 10.2. The number of hydrogen-bond acceptors (Lipinski definition) is 3. The maximum Gasteiger partial charge on any atom is 0.182 e. The molecule has 1 N–H and O–H groups in total. The zero-order valence-electron chi connectivity index (χ0n) is 11.5. The fraction of sp³-hybridized carbons (Fsp3) is 0.200. The van der Waals surface area contributed by atoms with Crippen LogP contribution in [0.5, 0.6) is 11.5 Å². The third-order valence-electron chi connectivity index (χ3n) is 2.96. The normalized spacial score (nSPS) is 10.3. The first-order chi connectivity index (χ1) is 10.0. The summed E-state index contributed by atoms with van der Waals surface area (Å²) in [5, 5.41) is 2.65. The van der Waals surface area contributed by atoms with Crippen molar-refractivity contribution in [1.82, 2.24) is 0 Å². The summed E-state index contributed by atoms with van der Waals surface area (Å²) in [5.74, 6) is -2.07. The summed E-state index contributed by atoms with van der Waals surface area (Å²) in [6, 6.07) is 6.49. The summed E-state index contributed by atoms with van der Waals surface area (Å²) in [4.78, 5) is 0. The van der Waals surface area contributed by atoms with Gasteiger partial charge in [0.15, 0.2) is 11.6 Å². The van der Waals surface area contributed by atoms with Crippen molar-refractivity contribution < 1.29 is 22.6 Å². The standard InChI is InChI=1S/C15H14F3NO2/c1-20-11-4-3-9(14(7-11)21-2)8-19-13-6-10(16)5-12(17)15(13)18/h3-7,19H,8H2,1-2H3. The van der Waals surface area contributed by atoms with Crippen LogP contribution in [0.2, 0.25) is 0 Å². The maximum atomic E-state index is 13.5. The smallest absolute Gasteiger partial charge is 0.182 e. The number of rotatable bonds is 5. The molecule has 3 nitrogen and oxygen atoms in total. The van der Waals surface area contributed by atoms with Crippen LogP contribution < -0.4 is 14.8 Å². The zero-order chi connectivity index (χ0) is 15.4. The van der Waals surface area contributed by atoms with E-state index in [1.807, 2.05) is 0 Å². The van der Waals surface area contributed by atoms with Crippen LogP contribution in [0.25, 0.3) is 0 Å². The van der Waals surface area contributed by atoms with Crippen molar-refractivity contribution in [3.8, 4) is 11.5 Å². The van der Waals surface area contributed by atoms with Crippen molar-refractivity contribution in [2.75, 3.05) is 19.5 Å². The molecule has 0 saturated heterocycles. The highest BCUT2D eigenvalue weighted by Crippen LogP contribution is 2.26. The summed E-state index contributed by atoms with van der Waals surface area (Å²) >= 11 is 0. The van der Waals surface area contributed by atoms with E-state index in [-0.39, 0.29) is 12.2 Å². The van der Waals surface area contributed by atoms with Gasteiger partial charge in [-0.2, -0.15) is 0 Å². The fourth-order valence-corrected chi connectivity index (χ4v) is 1.87. The molecule has 0 aliphatic rings. The predicted octanol–water partition coefficient (Wildman–Crippen LogP) is 3.73. The van der Waals surface area contributed by atoms with Crippen LogP contribution in [0.3, 0.4) is 0 Å². The molecule has 2 aromatic rings. The van der Waals surface area contributed by atoms with Crippen molar-refractivity contribution in [2.45, 2.75) is 6.54 Å². The molecule has 2 aromatic carbocycles. The molecular formula is C15H14F3NO2. The number of hydrogen-bond donors (Lipinski definition) is 1. The van der Waals surface area contributed by atoms with E-state index in [4.69, 9.17) is 9.47 Å². The minimum atomic E-state index is -1.24. The van der Waals surface area contributed by atoms with Gasteiger partial charge in [-0.15, -0.1) is 0 Å². The third kappa shape index (κ3) is 3.39. The first-order valence-electron chi connectivity index (χ1n) is 6.14. The quantitative estimate of drug-likeness (QED) is 0.853. The third-order valence-corrected chi connectivity index (χ3v) is 2.96. The lowest BCUT2D eigenvalue weighted by Gasteiger charge is -2.12. The Labute approximate surface area is 120 Å². The number of anilines is 1. The van der Waals surface area contributed by atoms with Crippen LogP contribution in [0.15, 0.2) is 30.3 Å². The molecule has 0 amide bonds. The van der Waals surface area contributed by atoms with E-state index in [1.165, 1.54) is 14.2 Å².